The van der Waals surface area contributed by atoms with Gasteiger partial charge in [-0.3, -0.25) is 10.1 Å². The molecule has 0 aliphatic carbocycles. The van der Waals surface area contributed by atoms with Gasteiger partial charge in [0.1, 0.15) is 0 Å². The maximum Gasteiger partial charge on any atom is 0.259 e. The van der Waals surface area contributed by atoms with E-state index >= 15 is 0 Å². The summed E-state index contributed by atoms with van der Waals surface area (Å²) in [6.07, 6.45) is 0. The van der Waals surface area contributed by atoms with E-state index in [1.165, 1.54) is 40.9 Å². The number of thiazole rings is 1. The van der Waals surface area contributed by atoms with Gasteiger partial charge < -0.3 is 0 Å². The van der Waals surface area contributed by atoms with Crippen LogP contribution in [0.25, 0.3) is 0 Å². The SMILES string of the molecule is Cc1csc(NC(=O)c2cc(S(=O)(=O)N(C)C(C)C)ccc2Cl)n1. The molecule has 0 spiro atoms. The lowest BCUT2D eigenvalue weighted by atomic mass is 10.2. The third kappa shape index (κ3) is 3.94. The summed E-state index contributed by atoms with van der Waals surface area (Å²) in [5.41, 5.74) is 0.874. The fraction of sp³-hybridized carbons (Fsp3) is 0.333. The normalized spacial score (nSPS) is 12.0. The Kier molecular flexibility index (Phi) is 5.64. The Bertz CT molecular complexity index is 863. The molecule has 6 nitrogen and oxygen atoms in total. The molecule has 0 saturated carbocycles. The minimum atomic E-state index is -3.70. The first kappa shape index (κ1) is 18.9. The Morgan fingerprint density at radius 2 is 2.04 bits per heavy atom. The van der Waals surface area contributed by atoms with E-state index in [-0.39, 0.29) is 21.5 Å². The zero-order valence-corrected chi connectivity index (χ0v) is 16.1. The van der Waals surface area contributed by atoms with Gasteiger partial charge in [-0.1, -0.05) is 11.6 Å². The molecule has 0 saturated heterocycles. The highest BCUT2D eigenvalue weighted by atomic mass is 35.5. The number of aryl methyl sites for hydroxylation is 1. The number of anilines is 1. The number of carbonyl (C=O) groups excluding carboxylic acids is 1. The molecule has 0 aliphatic rings. The van der Waals surface area contributed by atoms with Crippen LogP contribution in [0.15, 0.2) is 28.5 Å². The van der Waals surface area contributed by atoms with Gasteiger partial charge >= 0.3 is 0 Å². The number of nitrogens with zero attached hydrogens (tertiary/aromatic N) is 2. The second-order valence-electron chi connectivity index (χ2n) is 5.50. The second kappa shape index (κ2) is 7.18. The number of hydrogen-bond donors (Lipinski definition) is 1. The maximum absolute atomic E-state index is 12.6. The summed E-state index contributed by atoms with van der Waals surface area (Å²) in [6.45, 7) is 5.35. The molecule has 0 radical (unpaired) electrons. The van der Waals surface area contributed by atoms with Crippen LogP contribution in [0.1, 0.15) is 29.9 Å². The summed E-state index contributed by atoms with van der Waals surface area (Å²) >= 11 is 7.35. The molecule has 2 rings (SSSR count). The van der Waals surface area contributed by atoms with Gasteiger partial charge in [-0.15, -0.1) is 11.3 Å². The smallest absolute Gasteiger partial charge is 0.259 e. The lowest BCUT2D eigenvalue weighted by Crippen LogP contribution is -2.33. The van der Waals surface area contributed by atoms with Gasteiger partial charge in [0.25, 0.3) is 5.91 Å². The van der Waals surface area contributed by atoms with Crippen molar-refractivity contribution in [3.05, 3.63) is 39.9 Å². The van der Waals surface area contributed by atoms with Crippen molar-refractivity contribution in [2.45, 2.75) is 31.7 Å². The molecular weight excluding hydrogens is 370 g/mol. The van der Waals surface area contributed by atoms with E-state index in [4.69, 9.17) is 11.6 Å². The van der Waals surface area contributed by atoms with Crippen LogP contribution >= 0.6 is 22.9 Å². The Hall–Kier alpha value is -1.48. The average molecular weight is 388 g/mol. The molecule has 1 amide bonds. The molecule has 1 heterocycles. The van der Waals surface area contributed by atoms with Gasteiger partial charge in [0, 0.05) is 18.5 Å². The van der Waals surface area contributed by atoms with Crippen molar-refractivity contribution in [2.24, 2.45) is 0 Å². The summed E-state index contributed by atoms with van der Waals surface area (Å²) < 4.78 is 26.4. The molecule has 0 bridgehead atoms. The maximum atomic E-state index is 12.6. The number of aromatic nitrogens is 1. The van der Waals surface area contributed by atoms with Crippen molar-refractivity contribution in [3.63, 3.8) is 0 Å². The molecule has 1 aromatic heterocycles. The van der Waals surface area contributed by atoms with Crippen LogP contribution in [-0.4, -0.2) is 36.7 Å². The summed E-state index contributed by atoms with van der Waals surface area (Å²) in [6, 6.07) is 3.87. The predicted molar refractivity (Wildman–Crippen MR) is 96.3 cm³/mol. The van der Waals surface area contributed by atoms with Crippen LogP contribution in [-0.2, 0) is 10.0 Å². The summed E-state index contributed by atoms with van der Waals surface area (Å²) in [5.74, 6) is -0.501. The third-order valence-corrected chi connectivity index (χ3v) is 6.66. The van der Waals surface area contributed by atoms with E-state index in [1.807, 2.05) is 6.92 Å². The molecule has 1 N–H and O–H groups in total. The first-order valence-corrected chi connectivity index (χ1v) is 9.83. The van der Waals surface area contributed by atoms with Crippen LogP contribution in [0, 0.1) is 6.92 Å². The zero-order chi connectivity index (χ0) is 18.1. The Morgan fingerprint density at radius 3 is 2.58 bits per heavy atom. The standard InChI is InChI=1S/C15H18ClN3O3S2/c1-9(2)19(4)24(21,22)11-5-6-13(16)12(7-11)14(20)18-15-17-10(3)8-23-15/h5-9H,1-4H3,(H,17,18,20). The molecule has 0 unspecified atom stereocenters. The number of amides is 1. The highest BCUT2D eigenvalue weighted by Gasteiger charge is 2.25. The Labute approximate surface area is 150 Å². The fourth-order valence-corrected chi connectivity index (χ4v) is 4.14. The quantitative estimate of drug-likeness (QED) is 0.852. The van der Waals surface area contributed by atoms with Crippen LogP contribution in [0.4, 0.5) is 5.13 Å². The van der Waals surface area contributed by atoms with Crippen LogP contribution < -0.4 is 5.32 Å². The molecule has 0 aliphatic heterocycles. The van der Waals surface area contributed by atoms with Gasteiger partial charge in [0.05, 0.1) is 21.2 Å². The number of hydrogen-bond acceptors (Lipinski definition) is 5. The molecule has 0 atom stereocenters. The van der Waals surface area contributed by atoms with E-state index in [0.717, 1.165) is 5.69 Å². The van der Waals surface area contributed by atoms with Gasteiger partial charge in [-0.05, 0) is 39.0 Å². The van der Waals surface area contributed by atoms with E-state index in [1.54, 1.807) is 19.2 Å². The molecule has 2 aromatic rings. The van der Waals surface area contributed by atoms with E-state index < -0.39 is 15.9 Å². The molecule has 9 heteroatoms. The topological polar surface area (TPSA) is 79.4 Å². The first-order valence-electron chi connectivity index (χ1n) is 7.14. The zero-order valence-electron chi connectivity index (χ0n) is 13.7. The molecule has 130 valence electrons. The minimum Gasteiger partial charge on any atom is -0.298 e. The number of sulfonamides is 1. The van der Waals surface area contributed by atoms with Crippen LogP contribution in [0.3, 0.4) is 0 Å². The van der Waals surface area contributed by atoms with Gasteiger partial charge in [-0.2, -0.15) is 4.31 Å². The third-order valence-electron chi connectivity index (χ3n) is 3.43. The van der Waals surface area contributed by atoms with Crippen molar-refractivity contribution < 1.29 is 13.2 Å². The molecule has 24 heavy (non-hydrogen) atoms. The summed E-state index contributed by atoms with van der Waals surface area (Å²) in [4.78, 5) is 16.6. The lowest BCUT2D eigenvalue weighted by Gasteiger charge is -2.21. The largest absolute Gasteiger partial charge is 0.298 e. The van der Waals surface area contributed by atoms with Gasteiger partial charge in [0.15, 0.2) is 5.13 Å². The van der Waals surface area contributed by atoms with Crippen LogP contribution in [0.2, 0.25) is 5.02 Å². The fourth-order valence-electron chi connectivity index (χ4n) is 1.86. The number of carbonyl (C=O) groups is 1. The van der Waals surface area contributed by atoms with Crippen LogP contribution in [0.5, 0.6) is 0 Å². The minimum absolute atomic E-state index is 0.0172. The van der Waals surface area contributed by atoms with Crippen molar-refractivity contribution >= 4 is 44.0 Å². The lowest BCUT2D eigenvalue weighted by molar-refractivity contribution is 0.102. The van der Waals surface area contributed by atoms with Crippen molar-refractivity contribution in [1.82, 2.24) is 9.29 Å². The molecule has 0 fully saturated rings. The van der Waals surface area contributed by atoms with E-state index in [2.05, 4.69) is 10.3 Å². The Morgan fingerprint density at radius 1 is 1.38 bits per heavy atom. The van der Waals surface area contributed by atoms with Gasteiger partial charge in [-0.25, -0.2) is 13.4 Å². The van der Waals surface area contributed by atoms with Gasteiger partial charge in [0.2, 0.25) is 10.0 Å². The van der Waals surface area contributed by atoms with E-state index in [9.17, 15) is 13.2 Å². The molecular formula is C15H18ClN3O3S2. The number of nitrogens with one attached hydrogen (secondary N) is 1. The Balaban J connectivity index is 2.36. The highest BCUT2D eigenvalue weighted by molar-refractivity contribution is 7.89. The van der Waals surface area contributed by atoms with E-state index in [0.29, 0.717) is 5.13 Å². The summed E-state index contributed by atoms with van der Waals surface area (Å²) in [5, 5.41) is 5.03. The second-order valence-corrected chi connectivity index (χ2v) is 8.77. The number of rotatable bonds is 5. The monoisotopic (exact) mass is 387 g/mol. The number of benzene rings is 1. The summed E-state index contributed by atoms with van der Waals surface area (Å²) in [7, 11) is -2.21. The predicted octanol–water partition coefficient (Wildman–Crippen LogP) is 3.39. The average Bonchev–Trinajstić information content (AvgIpc) is 2.91. The van der Waals surface area contributed by atoms with Crippen molar-refractivity contribution in [2.75, 3.05) is 12.4 Å². The highest BCUT2D eigenvalue weighted by Crippen LogP contribution is 2.25. The van der Waals surface area contributed by atoms with Crippen molar-refractivity contribution in [3.8, 4) is 0 Å². The first-order chi connectivity index (χ1) is 11.1. The molecule has 1 aromatic carbocycles. The van der Waals surface area contributed by atoms with Crippen molar-refractivity contribution in [1.29, 1.82) is 0 Å². The number of halogens is 1.